The molecule has 0 amide bonds. The van der Waals surface area contributed by atoms with Gasteiger partial charge in [0.1, 0.15) is 4.99 Å². The van der Waals surface area contributed by atoms with E-state index in [1.165, 1.54) is 0 Å². The molecule has 2 N–H and O–H groups in total. The molecule has 0 atom stereocenters. The van der Waals surface area contributed by atoms with Crippen molar-refractivity contribution in [3.63, 3.8) is 0 Å². The average molecular weight is 257 g/mol. The summed E-state index contributed by atoms with van der Waals surface area (Å²) in [6, 6.07) is 16.1. The number of aromatic carboxylic acids is 1. The first-order valence-corrected chi connectivity index (χ1v) is 5.77. The van der Waals surface area contributed by atoms with Gasteiger partial charge >= 0.3 is 5.97 Å². The number of carboxylic acids is 1. The van der Waals surface area contributed by atoms with Crippen LogP contribution in [0.25, 0.3) is 0 Å². The average Bonchev–Trinajstić information content (AvgIpc) is 2.40. The summed E-state index contributed by atoms with van der Waals surface area (Å²) in [6.07, 6.45) is 0. The smallest absolute Gasteiger partial charge is 0.335 e. The van der Waals surface area contributed by atoms with Crippen molar-refractivity contribution in [2.45, 2.75) is 0 Å². The molecule has 0 unspecified atom stereocenters. The molecule has 0 aromatic heterocycles. The van der Waals surface area contributed by atoms with E-state index in [-0.39, 0.29) is 5.56 Å². The van der Waals surface area contributed by atoms with E-state index in [4.69, 9.17) is 17.3 Å². The predicted octanol–water partition coefficient (Wildman–Crippen LogP) is 3.17. The van der Waals surface area contributed by atoms with E-state index in [1.807, 2.05) is 30.3 Å². The summed E-state index contributed by atoms with van der Waals surface area (Å²) in [4.78, 5) is 11.4. The zero-order chi connectivity index (χ0) is 13.0. The van der Waals surface area contributed by atoms with Gasteiger partial charge in [-0.3, -0.25) is 0 Å². The lowest BCUT2D eigenvalue weighted by atomic mass is 10.2. The van der Waals surface area contributed by atoms with Gasteiger partial charge in [0, 0.05) is 11.3 Å². The van der Waals surface area contributed by atoms with Crippen molar-refractivity contribution >= 4 is 28.9 Å². The summed E-state index contributed by atoms with van der Waals surface area (Å²) in [6.45, 7) is 0. The molecule has 0 aliphatic heterocycles. The van der Waals surface area contributed by atoms with Crippen LogP contribution in [0.5, 0.6) is 0 Å². The normalized spacial score (nSPS) is 9.78. The number of carbonyl (C=O) groups is 1. The van der Waals surface area contributed by atoms with Gasteiger partial charge in [0.05, 0.1) is 5.56 Å². The maximum absolute atomic E-state index is 10.8. The van der Waals surface area contributed by atoms with Gasteiger partial charge < -0.3 is 10.4 Å². The topological polar surface area (TPSA) is 49.3 Å². The first-order valence-electron chi connectivity index (χ1n) is 5.36. The van der Waals surface area contributed by atoms with E-state index in [0.717, 1.165) is 5.56 Å². The van der Waals surface area contributed by atoms with Crippen molar-refractivity contribution in [1.82, 2.24) is 0 Å². The molecule has 0 aliphatic rings. The molecule has 0 radical (unpaired) electrons. The number of thiocarbonyl (C=S) groups is 1. The molecule has 18 heavy (non-hydrogen) atoms. The lowest BCUT2D eigenvalue weighted by Crippen LogP contribution is -2.10. The number of anilines is 1. The standard InChI is InChI=1S/C14H11NO2S/c16-14(17)11-7-4-8-12(9-11)15-13(18)10-5-2-1-3-6-10/h1-9H,(H,15,18)(H,16,17). The van der Waals surface area contributed by atoms with Crippen LogP contribution in [0.15, 0.2) is 54.6 Å². The minimum atomic E-state index is -0.954. The highest BCUT2D eigenvalue weighted by molar-refractivity contribution is 7.81. The lowest BCUT2D eigenvalue weighted by Gasteiger charge is -2.08. The molecule has 0 saturated heterocycles. The van der Waals surface area contributed by atoms with Gasteiger partial charge in [-0.15, -0.1) is 0 Å². The number of nitrogens with one attached hydrogen (secondary N) is 1. The summed E-state index contributed by atoms with van der Waals surface area (Å²) in [5.41, 5.74) is 1.80. The van der Waals surface area contributed by atoms with Crippen LogP contribution >= 0.6 is 12.2 Å². The second kappa shape index (κ2) is 5.42. The summed E-state index contributed by atoms with van der Waals surface area (Å²) in [5, 5.41) is 11.9. The van der Waals surface area contributed by atoms with Crippen LogP contribution in [0.1, 0.15) is 15.9 Å². The van der Waals surface area contributed by atoms with Crippen molar-refractivity contribution in [2.24, 2.45) is 0 Å². The largest absolute Gasteiger partial charge is 0.478 e. The van der Waals surface area contributed by atoms with E-state index in [2.05, 4.69) is 5.32 Å². The molecule has 4 heteroatoms. The molecule has 2 aromatic carbocycles. The maximum atomic E-state index is 10.8. The van der Waals surface area contributed by atoms with E-state index >= 15 is 0 Å². The summed E-state index contributed by atoms with van der Waals surface area (Å²) in [5.74, 6) is -0.954. The fraction of sp³-hybridized carbons (Fsp3) is 0. The Morgan fingerprint density at radius 3 is 2.33 bits per heavy atom. The summed E-state index contributed by atoms with van der Waals surface area (Å²) in [7, 11) is 0. The third-order valence-electron chi connectivity index (χ3n) is 2.40. The van der Waals surface area contributed by atoms with E-state index in [0.29, 0.717) is 10.7 Å². The number of benzene rings is 2. The van der Waals surface area contributed by atoms with Crippen molar-refractivity contribution in [2.75, 3.05) is 5.32 Å². The lowest BCUT2D eigenvalue weighted by molar-refractivity contribution is 0.0697. The zero-order valence-electron chi connectivity index (χ0n) is 9.46. The highest BCUT2D eigenvalue weighted by Gasteiger charge is 2.05. The molecule has 0 fully saturated rings. The molecule has 0 bridgehead atoms. The number of carboxylic acid groups (broad SMARTS) is 1. The Balaban J connectivity index is 2.17. The quantitative estimate of drug-likeness (QED) is 0.829. The van der Waals surface area contributed by atoms with E-state index in [9.17, 15) is 4.79 Å². The molecular formula is C14H11NO2S. The van der Waals surface area contributed by atoms with Crippen LogP contribution in [0.3, 0.4) is 0 Å². The van der Waals surface area contributed by atoms with Gasteiger partial charge in [-0.05, 0) is 18.2 Å². The Morgan fingerprint density at radius 2 is 1.67 bits per heavy atom. The molecule has 0 heterocycles. The first kappa shape index (κ1) is 12.3. The Hall–Kier alpha value is -2.20. The fourth-order valence-corrected chi connectivity index (χ4v) is 1.78. The number of hydrogen-bond donors (Lipinski definition) is 2. The van der Waals surface area contributed by atoms with Crippen molar-refractivity contribution in [3.8, 4) is 0 Å². The first-order chi connectivity index (χ1) is 8.66. The molecule has 0 saturated carbocycles. The fourth-order valence-electron chi connectivity index (χ4n) is 1.52. The minimum Gasteiger partial charge on any atom is -0.478 e. The second-order valence-corrected chi connectivity index (χ2v) is 4.11. The predicted molar refractivity (Wildman–Crippen MR) is 75.2 cm³/mol. The van der Waals surface area contributed by atoms with E-state index in [1.54, 1.807) is 24.3 Å². The third kappa shape index (κ3) is 2.93. The highest BCUT2D eigenvalue weighted by Crippen LogP contribution is 2.12. The second-order valence-electron chi connectivity index (χ2n) is 3.71. The zero-order valence-corrected chi connectivity index (χ0v) is 10.3. The van der Waals surface area contributed by atoms with Gasteiger partial charge in [-0.2, -0.15) is 0 Å². The molecule has 2 rings (SSSR count). The number of hydrogen-bond acceptors (Lipinski definition) is 2. The molecule has 2 aromatic rings. The summed E-state index contributed by atoms with van der Waals surface area (Å²) < 4.78 is 0. The van der Waals surface area contributed by atoms with Crippen LogP contribution in [0, 0.1) is 0 Å². The maximum Gasteiger partial charge on any atom is 0.335 e. The Morgan fingerprint density at radius 1 is 1.00 bits per heavy atom. The van der Waals surface area contributed by atoms with Crippen molar-refractivity contribution < 1.29 is 9.90 Å². The Labute approximate surface area is 110 Å². The molecule has 0 spiro atoms. The molecule has 0 aliphatic carbocycles. The highest BCUT2D eigenvalue weighted by atomic mass is 32.1. The van der Waals surface area contributed by atoms with Gasteiger partial charge in [-0.25, -0.2) is 4.79 Å². The van der Waals surface area contributed by atoms with Gasteiger partial charge in [0.15, 0.2) is 0 Å². The monoisotopic (exact) mass is 257 g/mol. The summed E-state index contributed by atoms with van der Waals surface area (Å²) >= 11 is 5.25. The minimum absolute atomic E-state index is 0.232. The van der Waals surface area contributed by atoms with Crippen LogP contribution in [0.2, 0.25) is 0 Å². The van der Waals surface area contributed by atoms with Crippen LogP contribution in [0.4, 0.5) is 5.69 Å². The van der Waals surface area contributed by atoms with Crippen LogP contribution in [-0.4, -0.2) is 16.1 Å². The van der Waals surface area contributed by atoms with Gasteiger partial charge in [0.25, 0.3) is 0 Å². The molecule has 3 nitrogen and oxygen atoms in total. The van der Waals surface area contributed by atoms with E-state index < -0.39 is 5.97 Å². The number of rotatable bonds is 3. The van der Waals surface area contributed by atoms with Crippen molar-refractivity contribution in [3.05, 3.63) is 65.7 Å². The SMILES string of the molecule is O=C(O)c1cccc(NC(=S)c2ccccc2)c1. The Kier molecular flexibility index (Phi) is 3.69. The third-order valence-corrected chi connectivity index (χ3v) is 2.74. The molecule has 90 valence electrons. The van der Waals surface area contributed by atoms with Crippen molar-refractivity contribution in [1.29, 1.82) is 0 Å². The Bertz CT molecular complexity index is 581. The van der Waals surface area contributed by atoms with Gasteiger partial charge in [0.2, 0.25) is 0 Å². The van der Waals surface area contributed by atoms with Crippen LogP contribution < -0.4 is 5.32 Å². The van der Waals surface area contributed by atoms with Gasteiger partial charge in [-0.1, -0.05) is 48.6 Å². The molecular weight excluding hydrogens is 246 g/mol. The van der Waals surface area contributed by atoms with Crippen LogP contribution in [-0.2, 0) is 0 Å².